The molecule has 0 aromatic carbocycles. The first-order chi connectivity index (χ1) is 12.3. The van der Waals surface area contributed by atoms with E-state index in [4.69, 9.17) is 4.74 Å². The maximum Gasteiger partial charge on any atom is 0.224 e. The number of ether oxygens (including phenoxy) is 1. The number of amides is 1. The van der Waals surface area contributed by atoms with Crippen LogP contribution in [0.2, 0.25) is 0 Å². The molecule has 0 aromatic heterocycles. The molecule has 0 aromatic rings. The number of nitrogens with zero attached hydrogens (tertiary/aromatic N) is 2. The molecule has 1 heterocycles. The third-order valence-electron chi connectivity index (χ3n) is 4.95. The van der Waals surface area contributed by atoms with Crippen molar-refractivity contribution in [2.75, 3.05) is 39.3 Å². The molecule has 0 bridgehead atoms. The van der Waals surface area contributed by atoms with Crippen LogP contribution in [-0.4, -0.2) is 62.2 Å². The van der Waals surface area contributed by atoms with Crippen LogP contribution in [0, 0.1) is 0 Å². The molecule has 6 heteroatoms. The number of hydrogen-bond acceptors (Lipinski definition) is 3. The highest BCUT2D eigenvalue weighted by atomic mass is 16.5. The molecule has 0 radical (unpaired) electrons. The van der Waals surface area contributed by atoms with Gasteiger partial charge in [-0.2, -0.15) is 0 Å². The Balaban J connectivity index is 1.62. The van der Waals surface area contributed by atoms with Crippen molar-refractivity contribution in [2.24, 2.45) is 4.99 Å². The molecule has 144 valence electrons. The van der Waals surface area contributed by atoms with Gasteiger partial charge < -0.3 is 20.3 Å². The van der Waals surface area contributed by atoms with Crippen molar-refractivity contribution in [2.45, 2.75) is 70.8 Å². The van der Waals surface area contributed by atoms with Crippen LogP contribution in [0.4, 0.5) is 0 Å². The van der Waals surface area contributed by atoms with Gasteiger partial charge in [0.25, 0.3) is 0 Å². The SMILES string of the molecule is CCNC(=NCCOC1CCCCCC1)NCCC(=O)N1CCCC1. The van der Waals surface area contributed by atoms with E-state index in [1.807, 2.05) is 4.90 Å². The first kappa shape index (κ1) is 20.0. The Kier molecular flexibility index (Phi) is 9.70. The highest BCUT2D eigenvalue weighted by Crippen LogP contribution is 2.19. The molecule has 0 spiro atoms. The lowest BCUT2D eigenvalue weighted by atomic mass is 10.1. The Bertz CT molecular complexity index is 400. The van der Waals surface area contributed by atoms with Crippen molar-refractivity contribution in [3.8, 4) is 0 Å². The van der Waals surface area contributed by atoms with Crippen molar-refractivity contribution >= 4 is 11.9 Å². The summed E-state index contributed by atoms with van der Waals surface area (Å²) in [5.74, 6) is 1.03. The van der Waals surface area contributed by atoms with Gasteiger partial charge in [0.15, 0.2) is 5.96 Å². The summed E-state index contributed by atoms with van der Waals surface area (Å²) in [5.41, 5.74) is 0. The lowest BCUT2D eigenvalue weighted by Gasteiger charge is -2.17. The maximum atomic E-state index is 12.1. The second kappa shape index (κ2) is 12.1. The molecule has 1 saturated heterocycles. The van der Waals surface area contributed by atoms with Crippen LogP contribution in [0.3, 0.4) is 0 Å². The maximum absolute atomic E-state index is 12.1. The number of nitrogens with one attached hydrogen (secondary N) is 2. The predicted octanol–water partition coefficient (Wildman–Crippen LogP) is 2.29. The van der Waals surface area contributed by atoms with E-state index in [0.29, 0.717) is 32.2 Å². The normalized spacial score (nSPS) is 19.7. The minimum absolute atomic E-state index is 0.248. The van der Waals surface area contributed by atoms with Crippen LogP contribution in [0.5, 0.6) is 0 Å². The van der Waals surface area contributed by atoms with E-state index >= 15 is 0 Å². The second-order valence-corrected chi connectivity index (χ2v) is 7.01. The minimum atomic E-state index is 0.248. The monoisotopic (exact) mass is 352 g/mol. The van der Waals surface area contributed by atoms with Crippen molar-refractivity contribution in [1.82, 2.24) is 15.5 Å². The van der Waals surface area contributed by atoms with Crippen molar-refractivity contribution < 1.29 is 9.53 Å². The summed E-state index contributed by atoms with van der Waals surface area (Å²) < 4.78 is 5.98. The quantitative estimate of drug-likeness (QED) is 0.304. The van der Waals surface area contributed by atoms with Crippen LogP contribution >= 0.6 is 0 Å². The molecule has 1 saturated carbocycles. The predicted molar refractivity (Wildman–Crippen MR) is 102 cm³/mol. The summed E-state index contributed by atoms with van der Waals surface area (Å²) in [6, 6.07) is 0. The number of carbonyl (C=O) groups is 1. The Morgan fingerprint density at radius 2 is 1.80 bits per heavy atom. The van der Waals surface area contributed by atoms with Crippen molar-refractivity contribution in [1.29, 1.82) is 0 Å². The zero-order valence-electron chi connectivity index (χ0n) is 15.9. The van der Waals surface area contributed by atoms with Crippen molar-refractivity contribution in [3.63, 3.8) is 0 Å². The van der Waals surface area contributed by atoms with E-state index in [1.165, 1.54) is 38.5 Å². The lowest BCUT2D eigenvalue weighted by Crippen LogP contribution is -2.40. The smallest absolute Gasteiger partial charge is 0.224 e. The van der Waals surface area contributed by atoms with Crippen LogP contribution in [0.1, 0.15) is 64.7 Å². The van der Waals surface area contributed by atoms with Gasteiger partial charge in [-0.25, -0.2) is 0 Å². The third kappa shape index (κ3) is 8.08. The number of guanidine groups is 1. The Morgan fingerprint density at radius 3 is 2.48 bits per heavy atom. The highest BCUT2D eigenvalue weighted by molar-refractivity contribution is 5.81. The van der Waals surface area contributed by atoms with Gasteiger partial charge in [-0.3, -0.25) is 9.79 Å². The van der Waals surface area contributed by atoms with E-state index in [0.717, 1.165) is 38.4 Å². The third-order valence-corrected chi connectivity index (χ3v) is 4.95. The number of hydrogen-bond donors (Lipinski definition) is 2. The molecular formula is C19H36N4O2. The molecule has 0 atom stereocenters. The van der Waals surface area contributed by atoms with Gasteiger partial charge in [-0.1, -0.05) is 25.7 Å². The molecule has 1 aliphatic heterocycles. The summed E-state index contributed by atoms with van der Waals surface area (Å²) in [5, 5.41) is 6.49. The first-order valence-corrected chi connectivity index (χ1v) is 10.2. The molecule has 2 rings (SSSR count). The van der Waals surface area contributed by atoms with E-state index < -0.39 is 0 Å². The molecule has 25 heavy (non-hydrogen) atoms. The van der Waals surface area contributed by atoms with Crippen LogP contribution in [0.25, 0.3) is 0 Å². The Morgan fingerprint density at radius 1 is 1.08 bits per heavy atom. The van der Waals surface area contributed by atoms with Gasteiger partial charge >= 0.3 is 0 Å². The average molecular weight is 353 g/mol. The largest absolute Gasteiger partial charge is 0.376 e. The molecule has 6 nitrogen and oxygen atoms in total. The summed E-state index contributed by atoms with van der Waals surface area (Å²) >= 11 is 0. The fourth-order valence-corrected chi connectivity index (χ4v) is 3.54. The summed E-state index contributed by atoms with van der Waals surface area (Å²) in [6.45, 7) is 6.67. The number of rotatable bonds is 8. The van der Waals surface area contributed by atoms with E-state index in [-0.39, 0.29) is 5.91 Å². The summed E-state index contributed by atoms with van der Waals surface area (Å²) in [4.78, 5) is 18.6. The zero-order valence-corrected chi connectivity index (χ0v) is 15.9. The minimum Gasteiger partial charge on any atom is -0.376 e. The van der Waals surface area contributed by atoms with Crippen molar-refractivity contribution in [3.05, 3.63) is 0 Å². The van der Waals surface area contributed by atoms with Gasteiger partial charge in [0.05, 0.1) is 19.3 Å². The van der Waals surface area contributed by atoms with Gasteiger partial charge in [0.1, 0.15) is 0 Å². The van der Waals surface area contributed by atoms with Crippen LogP contribution < -0.4 is 10.6 Å². The molecule has 2 N–H and O–H groups in total. The highest BCUT2D eigenvalue weighted by Gasteiger charge is 2.17. The first-order valence-electron chi connectivity index (χ1n) is 10.2. The van der Waals surface area contributed by atoms with Gasteiger partial charge in [0, 0.05) is 32.6 Å². The second-order valence-electron chi connectivity index (χ2n) is 7.01. The summed E-state index contributed by atoms with van der Waals surface area (Å²) in [6.07, 6.45) is 10.9. The van der Waals surface area contributed by atoms with E-state index in [1.54, 1.807) is 0 Å². The Labute approximate surface area is 152 Å². The van der Waals surface area contributed by atoms with Gasteiger partial charge in [-0.15, -0.1) is 0 Å². The molecule has 0 unspecified atom stereocenters. The molecular weight excluding hydrogens is 316 g/mol. The van der Waals surface area contributed by atoms with E-state index in [2.05, 4.69) is 22.5 Å². The standard InChI is InChI=1S/C19H36N4O2/c1-2-20-19(21-12-11-18(24)23-14-7-8-15-23)22-13-16-25-17-9-5-3-4-6-10-17/h17H,2-16H2,1H3,(H2,20,21,22). The lowest BCUT2D eigenvalue weighted by molar-refractivity contribution is -0.129. The van der Waals surface area contributed by atoms with Crippen LogP contribution in [-0.2, 0) is 9.53 Å². The molecule has 1 aliphatic carbocycles. The topological polar surface area (TPSA) is 66.0 Å². The molecule has 2 fully saturated rings. The summed E-state index contributed by atoms with van der Waals surface area (Å²) in [7, 11) is 0. The fraction of sp³-hybridized carbons (Fsp3) is 0.895. The van der Waals surface area contributed by atoms with Gasteiger partial charge in [-0.05, 0) is 32.6 Å². The molecule has 2 aliphatic rings. The van der Waals surface area contributed by atoms with Crippen LogP contribution in [0.15, 0.2) is 4.99 Å². The number of carbonyl (C=O) groups excluding carboxylic acids is 1. The Hall–Kier alpha value is -1.30. The van der Waals surface area contributed by atoms with Gasteiger partial charge in [0.2, 0.25) is 5.91 Å². The number of likely N-dealkylation sites (tertiary alicyclic amines) is 1. The van der Waals surface area contributed by atoms with E-state index in [9.17, 15) is 4.79 Å². The zero-order chi connectivity index (χ0) is 17.7. The average Bonchev–Trinajstić information content (AvgIpc) is 3.03. The fourth-order valence-electron chi connectivity index (χ4n) is 3.54. The number of aliphatic imine (C=N–C) groups is 1. The molecule has 1 amide bonds.